The molecule has 1 fully saturated rings. The number of aryl methyl sites for hydroxylation is 1. The van der Waals surface area contributed by atoms with Crippen molar-refractivity contribution in [1.29, 1.82) is 0 Å². The maximum absolute atomic E-state index is 13.0. The Balaban J connectivity index is 1.26. The van der Waals surface area contributed by atoms with Crippen LogP contribution in [0.25, 0.3) is 0 Å². The van der Waals surface area contributed by atoms with E-state index in [2.05, 4.69) is 10.8 Å². The minimum Gasteiger partial charge on any atom is -0.494 e. The maximum atomic E-state index is 13.0. The van der Waals surface area contributed by atoms with E-state index < -0.39 is 6.09 Å². The van der Waals surface area contributed by atoms with Crippen molar-refractivity contribution in [3.05, 3.63) is 59.7 Å². The average Bonchev–Trinajstić information content (AvgIpc) is 2.86. The number of rotatable bonds is 8. The molecule has 180 valence electrons. The molecule has 0 radical (unpaired) electrons. The second kappa shape index (κ2) is 11.0. The normalized spacial score (nSPS) is 16.2. The third kappa shape index (κ3) is 5.68. The molecular formula is C26H31N3O5. The van der Waals surface area contributed by atoms with Crippen LogP contribution in [0.3, 0.4) is 0 Å². The highest BCUT2D eigenvalue weighted by atomic mass is 16.5. The fraction of sp³-hybridized carbons (Fsp3) is 0.423. The Morgan fingerprint density at radius 3 is 2.38 bits per heavy atom. The summed E-state index contributed by atoms with van der Waals surface area (Å²) in [7, 11) is 0. The van der Waals surface area contributed by atoms with Gasteiger partial charge >= 0.3 is 6.09 Å². The van der Waals surface area contributed by atoms with Gasteiger partial charge in [-0.05, 0) is 68.0 Å². The average molecular weight is 466 g/mol. The summed E-state index contributed by atoms with van der Waals surface area (Å²) in [4.78, 5) is 40.0. The number of primary amides is 1. The van der Waals surface area contributed by atoms with Crippen LogP contribution in [0.2, 0.25) is 0 Å². The Morgan fingerprint density at radius 1 is 0.941 bits per heavy atom. The van der Waals surface area contributed by atoms with Crippen molar-refractivity contribution in [2.24, 2.45) is 5.73 Å². The Kier molecular flexibility index (Phi) is 7.67. The standard InChI is InChI=1S/C26H31N3O5/c27-26(32)34-18-4-3-17-33-22-10-7-20(8-11-22)25(31)28-15-13-21(14-16-28)29-23-6-2-1-5-19(23)9-12-24(29)30/h1-2,5-8,10-11,21H,3-4,9,12-18H2,(H2,27,32). The molecule has 34 heavy (non-hydrogen) atoms. The van der Waals surface area contributed by atoms with Crippen molar-refractivity contribution < 1.29 is 23.9 Å². The molecule has 2 aromatic rings. The van der Waals surface area contributed by atoms with Gasteiger partial charge in [-0.15, -0.1) is 0 Å². The molecule has 1 saturated heterocycles. The van der Waals surface area contributed by atoms with Crippen LogP contribution < -0.4 is 15.4 Å². The lowest BCUT2D eigenvalue weighted by Gasteiger charge is -2.41. The molecule has 2 heterocycles. The van der Waals surface area contributed by atoms with Gasteiger partial charge in [0.25, 0.3) is 5.91 Å². The van der Waals surface area contributed by atoms with Crippen molar-refractivity contribution in [3.63, 3.8) is 0 Å². The van der Waals surface area contributed by atoms with E-state index in [1.807, 2.05) is 28.0 Å². The number of hydrogen-bond donors (Lipinski definition) is 1. The van der Waals surface area contributed by atoms with E-state index in [0.717, 1.165) is 31.4 Å². The molecule has 0 unspecified atom stereocenters. The molecule has 2 N–H and O–H groups in total. The van der Waals surface area contributed by atoms with E-state index in [9.17, 15) is 14.4 Å². The second-order valence-electron chi connectivity index (χ2n) is 8.66. The molecule has 0 spiro atoms. The van der Waals surface area contributed by atoms with E-state index >= 15 is 0 Å². The zero-order valence-electron chi connectivity index (χ0n) is 19.3. The molecule has 2 aromatic carbocycles. The molecule has 0 bridgehead atoms. The third-order valence-corrected chi connectivity index (χ3v) is 6.40. The number of para-hydroxylation sites is 1. The van der Waals surface area contributed by atoms with Crippen LogP contribution in [0.1, 0.15) is 48.0 Å². The summed E-state index contributed by atoms with van der Waals surface area (Å²) in [5.74, 6) is 0.867. The minimum absolute atomic E-state index is 0.000952. The summed E-state index contributed by atoms with van der Waals surface area (Å²) in [6.45, 7) is 2.02. The van der Waals surface area contributed by atoms with Crippen LogP contribution in [0, 0.1) is 0 Å². The van der Waals surface area contributed by atoms with Crippen LogP contribution in [0.4, 0.5) is 10.5 Å². The third-order valence-electron chi connectivity index (χ3n) is 6.40. The Bertz CT molecular complexity index is 1020. The fourth-order valence-electron chi connectivity index (χ4n) is 4.62. The fourth-order valence-corrected chi connectivity index (χ4v) is 4.62. The number of nitrogens with two attached hydrogens (primary N) is 1. The van der Waals surface area contributed by atoms with Gasteiger partial charge in [0.15, 0.2) is 0 Å². The van der Waals surface area contributed by atoms with Gasteiger partial charge in [-0.25, -0.2) is 4.79 Å². The van der Waals surface area contributed by atoms with Crippen LogP contribution >= 0.6 is 0 Å². The Labute approximate surface area is 199 Å². The predicted molar refractivity (Wildman–Crippen MR) is 128 cm³/mol. The van der Waals surface area contributed by atoms with Crippen LogP contribution in [-0.4, -0.2) is 55.2 Å². The number of amides is 3. The maximum Gasteiger partial charge on any atom is 0.404 e. The van der Waals surface area contributed by atoms with Crippen LogP contribution in [0.5, 0.6) is 5.75 Å². The number of carbonyl (C=O) groups is 3. The van der Waals surface area contributed by atoms with E-state index in [1.165, 1.54) is 5.56 Å². The molecule has 0 aliphatic carbocycles. The molecule has 2 aliphatic heterocycles. The Morgan fingerprint density at radius 2 is 1.65 bits per heavy atom. The number of nitrogens with zero attached hydrogens (tertiary/aromatic N) is 2. The quantitative estimate of drug-likeness (QED) is 0.601. The molecular weight excluding hydrogens is 434 g/mol. The van der Waals surface area contributed by atoms with Crippen molar-refractivity contribution in [2.75, 3.05) is 31.2 Å². The minimum atomic E-state index is -0.768. The molecule has 8 heteroatoms. The lowest BCUT2D eigenvalue weighted by molar-refractivity contribution is -0.119. The van der Waals surface area contributed by atoms with E-state index in [4.69, 9.17) is 10.5 Å². The van der Waals surface area contributed by atoms with Gasteiger partial charge in [0.2, 0.25) is 5.91 Å². The van der Waals surface area contributed by atoms with E-state index in [1.54, 1.807) is 24.3 Å². The number of likely N-dealkylation sites (tertiary alicyclic amines) is 1. The highest BCUT2D eigenvalue weighted by Gasteiger charge is 2.33. The predicted octanol–water partition coefficient (Wildman–Crippen LogP) is 3.52. The smallest absolute Gasteiger partial charge is 0.404 e. The summed E-state index contributed by atoms with van der Waals surface area (Å²) in [5.41, 5.74) is 7.79. The summed E-state index contributed by atoms with van der Waals surface area (Å²) in [6, 6.07) is 15.4. The first kappa shape index (κ1) is 23.6. The SMILES string of the molecule is NC(=O)OCCCCOc1ccc(C(=O)N2CCC(N3C(=O)CCc4ccccc43)CC2)cc1. The molecule has 2 aliphatic rings. The van der Waals surface area contributed by atoms with Gasteiger partial charge in [0, 0.05) is 36.8 Å². The van der Waals surface area contributed by atoms with E-state index in [0.29, 0.717) is 43.9 Å². The monoisotopic (exact) mass is 465 g/mol. The second-order valence-corrected chi connectivity index (χ2v) is 8.66. The van der Waals surface area contributed by atoms with Gasteiger partial charge in [-0.1, -0.05) is 18.2 Å². The largest absolute Gasteiger partial charge is 0.494 e. The lowest BCUT2D eigenvalue weighted by Crippen LogP contribution is -2.50. The number of benzene rings is 2. The first-order valence-corrected chi connectivity index (χ1v) is 11.9. The zero-order valence-corrected chi connectivity index (χ0v) is 19.3. The number of unbranched alkanes of at least 4 members (excludes halogenated alkanes) is 1. The number of fused-ring (bicyclic) bond motifs is 1. The van der Waals surface area contributed by atoms with Gasteiger partial charge in [-0.2, -0.15) is 0 Å². The highest BCUT2D eigenvalue weighted by molar-refractivity contribution is 5.97. The summed E-state index contributed by atoms with van der Waals surface area (Å²) in [5, 5.41) is 0. The number of anilines is 1. The Hall–Kier alpha value is -3.55. The molecule has 3 amide bonds. The van der Waals surface area contributed by atoms with Crippen LogP contribution in [-0.2, 0) is 16.0 Å². The molecule has 0 saturated carbocycles. The first-order chi connectivity index (χ1) is 16.5. The topological polar surface area (TPSA) is 102 Å². The van der Waals surface area contributed by atoms with Gasteiger partial charge < -0.3 is 25.0 Å². The van der Waals surface area contributed by atoms with E-state index in [-0.39, 0.29) is 24.5 Å². The van der Waals surface area contributed by atoms with Crippen molar-refractivity contribution in [2.45, 2.75) is 44.6 Å². The number of carbonyl (C=O) groups excluding carboxylic acids is 3. The summed E-state index contributed by atoms with van der Waals surface area (Å²) in [6.07, 6.45) is 3.52. The first-order valence-electron chi connectivity index (χ1n) is 11.9. The van der Waals surface area contributed by atoms with Crippen molar-refractivity contribution in [1.82, 2.24) is 4.90 Å². The number of ether oxygens (including phenoxy) is 2. The molecule has 0 aromatic heterocycles. The number of hydrogen-bond acceptors (Lipinski definition) is 5. The van der Waals surface area contributed by atoms with Crippen LogP contribution in [0.15, 0.2) is 48.5 Å². The molecule has 0 atom stereocenters. The number of piperidine rings is 1. The van der Waals surface area contributed by atoms with Gasteiger partial charge in [0.1, 0.15) is 5.75 Å². The lowest BCUT2D eigenvalue weighted by atomic mass is 9.95. The summed E-state index contributed by atoms with van der Waals surface area (Å²) >= 11 is 0. The molecule has 4 rings (SSSR count). The van der Waals surface area contributed by atoms with Gasteiger partial charge in [0.05, 0.1) is 13.2 Å². The zero-order chi connectivity index (χ0) is 23.9. The van der Waals surface area contributed by atoms with Gasteiger partial charge in [-0.3, -0.25) is 9.59 Å². The summed E-state index contributed by atoms with van der Waals surface area (Å²) < 4.78 is 10.4. The van der Waals surface area contributed by atoms with Crippen molar-refractivity contribution in [3.8, 4) is 5.75 Å². The highest BCUT2D eigenvalue weighted by Crippen LogP contribution is 2.32. The molecule has 8 nitrogen and oxygen atoms in total. The van der Waals surface area contributed by atoms with Crippen molar-refractivity contribution >= 4 is 23.6 Å².